The number of aliphatic imine (C=N–C) groups is 1. The van der Waals surface area contributed by atoms with Crippen LogP contribution >= 0.6 is 0 Å². The fourth-order valence-electron chi connectivity index (χ4n) is 3.92. The van der Waals surface area contributed by atoms with Gasteiger partial charge in [-0.25, -0.2) is 4.79 Å². The SMILES string of the molecule is CCC(C)C(NC(=O)C(CCCN=C(N)N)NC(=O)C(N)Cc1ccccc1)C(=O)NC(CC(C)C)C(=O)O. The van der Waals surface area contributed by atoms with E-state index in [1.165, 1.54) is 0 Å². The molecule has 1 rings (SSSR count). The van der Waals surface area contributed by atoms with Crippen molar-refractivity contribution in [2.75, 3.05) is 6.54 Å². The molecule has 218 valence electrons. The van der Waals surface area contributed by atoms with E-state index in [0.29, 0.717) is 12.8 Å². The molecule has 0 spiro atoms. The van der Waals surface area contributed by atoms with Crippen molar-refractivity contribution in [3.05, 3.63) is 35.9 Å². The number of aliphatic carboxylic acids is 1. The molecule has 0 aliphatic carbocycles. The Labute approximate surface area is 230 Å². The molecule has 3 amide bonds. The fourth-order valence-corrected chi connectivity index (χ4v) is 3.92. The van der Waals surface area contributed by atoms with Crippen molar-refractivity contribution in [3.8, 4) is 0 Å². The summed E-state index contributed by atoms with van der Waals surface area (Å²) in [6.45, 7) is 7.59. The zero-order chi connectivity index (χ0) is 29.5. The summed E-state index contributed by atoms with van der Waals surface area (Å²) in [4.78, 5) is 55.0. The molecule has 0 saturated heterocycles. The first-order chi connectivity index (χ1) is 18.3. The summed E-state index contributed by atoms with van der Waals surface area (Å²) in [7, 11) is 0. The lowest BCUT2D eigenvalue weighted by atomic mass is 9.96. The van der Waals surface area contributed by atoms with Crippen LogP contribution in [0.5, 0.6) is 0 Å². The lowest BCUT2D eigenvalue weighted by Crippen LogP contribution is -2.58. The van der Waals surface area contributed by atoms with E-state index in [2.05, 4.69) is 20.9 Å². The maximum Gasteiger partial charge on any atom is 0.326 e. The summed E-state index contributed by atoms with van der Waals surface area (Å²) < 4.78 is 0. The Balaban J connectivity index is 3.05. The third kappa shape index (κ3) is 12.6. The summed E-state index contributed by atoms with van der Waals surface area (Å²) in [6, 6.07) is 5.24. The van der Waals surface area contributed by atoms with Gasteiger partial charge in [0.25, 0.3) is 0 Å². The molecule has 0 aliphatic heterocycles. The number of guanidine groups is 1. The van der Waals surface area contributed by atoms with Crippen molar-refractivity contribution in [2.24, 2.45) is 34.0 Å². The predicted octanol–water partition coefficient (Wildman–Crippen LogP) is 0.241. The van der Waals surface area contributed by atoms with Crippen molar-refractivity contribution in [1.82, 2.24) is 16.0 Å². The van der Waals surface area contributed by atoms with Crippen LogP contribution in [0.2, 0.25) is 0 Å². The Morgan fingerprint density at radius 3 is 2.08 bits per heavy atom. The Kier molecular flexibility index (Phi) is 14.6. The molecule has 0 bridgehead atoms. The van der Waals surface area contributed by atoms with Crippen molar-refractivity contribution >= 4 is 29.7 Å². The topological polar surface area (TPSA) is 215 Å². The third-order valence-electron chi connectivity index (χ3n) is 6.33. The summed E-state index contributed by atoms with van der Waals surface area (Å²) in [6.07, 6.45) is 1.63. The summed E-state index contributed by atoms with van der Waals surface area (Å²) in [5.41, 5.74) is 17.7. The molecule has 0 aromatic heterocycles. The first kappa shape index (κ1) is 33.4. The van der Waals surface area contributed by atoms with Crippen LogP contribution in [0.3, 0.4) is 0 Å². The molecular formula is C27H45N7O5. The minimum absolute atomic E-state index is 0.0351. The van der Waals surface area contributed by atoms with Crippen molar-refractivity contribution in [2.45, 2.75) is 84.0 Å². The monoisotopic (exact) mass is 547 g/mol. The van der Waals surface area contributed by atoms with E-state index in [-0.39, 0.29) is 43.6 Å². The van der Waals surface area contributed by atoms with Crippen LogP contribution in [0.1, 0.15) is 58.9 Å². The Morgan fingerprint density at radius 1 is 0.923 bits per heavy atom. The minimum Gasteiger partial charge on any atom is -0.480 e. The van der Waals surface area contributed by atoms with Crippen molar-refractivity contribution < 1.29 is 24.3 Å². The van der Waals surface area contributed by atoms with E-state index < -0.39 is 47.9 Å². The van der Waals surface area contributed by atoms with Gasteiger partial charge in [0.1, 0.15) is 18.1 Å². The van der Waals surface area contributed by atoms with Crippen molar-refractivity contribution in [1.29, 1.82) is 0 Å². The van der Waals surface area contributed by atoms with E-state index in [9.17, 15) is 24.3 Å². The summed E-state index contributed by atoms with van der Waals surface area (Å²) >= 11 is 0. The van der Waals surface area contributed by atoms with E-state index >= 15 is 0 Å². The second-order valence-electron chi connectivity index (χ2n) is 10.2. The second-order valence-corrected chi connectivity index (χ2v) is 10.2. The Morgan fingerprint density at radius 2 is 1.54 bits per heavy atom. The summed E-state index contributed by atoms with van der Waals surface area (Å²) in [5, 5.41) is 17.5. The number of nitrogens with zero attached hydrogens (tertiary/aromatic N) is 1. The second kappa shape index (κ2) is 17.0. The molecule has 0 saturated carbocycles. The van der Waals surface area contributed by atoms with Gasteiger partial charge in [-0.1, -0.05) is 64.4 Å². The predicted molar refractivity (Wildman–Crippen MR) is 150 cm³/mol. The number of carboxylic acids is 1. The molecule has 0 aliphatic rings. The standard InChI is InChI=1S/C27H45N7O5/c1-5-17(4)22(25(37)33-21(26(38)39)14-16(2)3)34-24(36)20(12-9-13-31-27(29)30)32-23(35)19(28)15-18-10-7-6-8-11-18/h6-8,10-11,16-17,19-22H,5,9,12-15,28H2,1-4H3,(H,32,35)(H,33,37)(H,34,36)(H,38,39)(H4,29,30,31). The number of amides is 3. The van der Waals surface area contributed by atoms with E-state index in [1.54, 1.807) is 6.92 Å². The van der Waals surface area contributed by atoms with Gasteiger partial charge in [-0.15, -0.1) is 0 Å². The Hall–Kier alpha value is -3.67. The molecule has 1 aromatic rings. The van der Waals surface area contributed by atoms with Gasteiger partial charge in [0.05, 0.1) is 6.04 Å². The van der Waals surface area contributed by atoms with Gasteiger partial charge in [-0.3, -0.25) is 19.4 Å². The molecule has 12 heteroatoms. The molecule has 12 nitrogen and oxygen atoms in total. The molecule has 0 heterocycles. The zero-order valence-electron chi connectivity index (χ0n) is 23.4. The molecule has 0 fully saturated rings. The first-order valence-corrected chi connectivity index (χ1v) is 13.3. The zero-order valence-corrected chi connectivity index (χ0v) is 23.4. The molecule has 0 radical (unpaired) electrons. The lowest BCUT2D eigenvalue weighted by Gasteiger charge is -2.28. The van der Waals surface area contributed by atoms with Gasteiger partial charge < -0.3 is 38.3 Å². The number of nitrogens with two attached hydrogens (primary N) is 3. The molecular weight excluding hydrogens is 502 g/mol. The number of carbonyl (C=O) groups is 4. The van der Waals surface area contributed by atoms with Gasteiger partial charge in [0.15, 0.2) is 5.96 Å². The highest BCUT2D eigenvalue weighted by molar-refractivity contribution is 5.94. The maximum atomic E-state index is 13.4. The molecule has 5 atom stereocenters. The summed E-state index contributed by atoms with van der Waals surface area (Å²) in [5.74, 6) is -3.22. The maximum absolute atomic E-state index is 13.4. The number of rotatable bonds is 17. The highest BCUT2D eigenvalue weighted by Crippen LogP contribution is 2.12. The van der Waals surface area contributed by atoms with Crippen LogP contribution in [-0.4, -0.2) is 65.5 Å². The van der Waals surface area contributed by atoms with Gasteiger partial charge in [-0.2, -0.15) is 0 Å². The number of carboxylic acid groups (broad SMARTS) is 1. The van der Waals surface area contributed by atoms with E-state index in [0.717, 1.165) is 5.56 Å². The van der Waals surface area contributed by atoms with Crippen LogP contribution in [-0.2, 0) is 25.6 Å². The number of nitrogens with one attached hydrogen (secondary N) is 3. The van der Waals surface area contributed by atoms with Gasteiger partial charge >= 0.3 is 5.97 Å². The van der Waals surface area contributed by atoms with Crippen LogP contribution in [0.4, 0.5) is 0 Å². The number of carbonyl (C=O) groups excluding carboxylic acids is 3. The van der Waals surface area contributed by atoms with Gasteiger partial charge in [-0.05, 0) is 43.1 Å². The quantitative estimate of drug-likeness (QED) is 0.0812. The van der Waals surface area contributed by atoms with Crippen LogP contribution in [0, 0.1) is 11.8 Å². The average molecular weight is 548 g/mol. The lowest BCUT2D eigenvalue weighted by molar-refractivity contribution is -0.143. The van der Waals surface area contributed by atoms with Gasteiger partial charge in [0.2, 0.25) is 17.7 Å². The molecule has 39 heavy (non-hydrogen) atoms. The first-order valence-electron chi connectivity index (χ1n) is 13.3. The van der Waals surface area contributed by atoms with Crippen molar-refractivity contribution in [3.63, 3.8) is 0 Å². The largest absolute Gasteiger partial charge is 0.480 e. The fraction of sp³-hybridized carbons (Fsp3) is 0.593. The highest BCUT2D eigenvalue weighted by atomic mass is 16.4. The third-order valence-corrected chi connectivity index (χ3v) is 6.33. The average Bonchev–Trinajstić information content (AvgIpc) is 2.87. The molecule has 1 aromatic carbocycles. The Bertz CT molecular complexity index is 967. The smallest absolute Gasteiger partial charge is 0.326 e. The van der Waals surface area contributed by atoms with Crippen LogP contribution in [0.15, 0.2) is 35.3 Å². The van der Waals surface area contributed by atoms with E-state index in [4.69, 9.17) is 17.2 Å². The van der Waals surface area contributed by atoms with Gasteiger partial charge in [0, 0.05) is 6.54 Å². The normalized spacial score (nSPS) is 14.8. The van der Waals surface area contributed by atoms with E-state index in [1.807, 2.05) is 51.1 Å². The van der Waals surface area contributed by atoms with Crippen LogP contribution in [0.25, 0.3) is 0 Å². The van der Waals surface area contributed by atoms with Crippen LogP contribution < -0.4 is 33.2 Å². The highest BCUT2D eigenvalue weighted by Gasteiger charge is 2.32. The molecule has 5 unspecified atom stereocenters. The number of benzene rings is 1. The molecule has 10 N–H and O–H groups in total. The number of hydrogen-bond acceptors (Lipinski definition) is 6. The number of hydrogen-bond donors (Lipinski definition) is 7. The minimum atomic E-state index is -1.15.